The second kappa shape index (κ2) is 11.7. The van der Waals surface area contributed by atoms with Gasteiger partial charge in [-0.05, 0) is 127 Å². The predicted octanol–water partition coefficient (Wildman–Crippen LogP) is 4.87. The lowest BCUT2D eigenvalue weighted by Crippen LogP contribution is -2.67. The number of aliphatic carboxylic acids is 2. The standard InChI is InChI=1S/C31H58N2O8/c1-25(2)15-21(16-26(3,4)32(25)40-19-29(9,10)38)31(24(36)37,14-13-23(34)35)22-17-27(5,6)33(28(7,8)18-22)41-20-30(11,12)39/h21-22,38-39H,13-20H2,1-12H3,(H,34,35)(H,36,37). The van der Waals surface area contributed by atoms with Gasteiger partial charge in [0.2, 0.25) is 0 Å². The summed E-state index contributed by atoms with van der Waals surface area (Å²) in [4.78, 5) is 37.9. The molecule has 2 saturated heterocycles. The van der Waals surface area contributed by atoms with E-state index in [1.54, 1.807) is 27.7 Å². The minimum Gasteiger partial charge on any atom is -0.481 e. The van der Waals surface area contributed by atoms with Gasteiger partial charge < -0.3 is 20.4 Å². The predicted molar refractivity (Wildman–Crippen MR) is 157 cm³/mol. The van der Waals surface area contributed by atoms with Crippen LogP contribution in [-0.2, 0) is 19.3 Å². The third-order valence-corrected chi connectivity index (χ3v) is 8.88. The van der Waals surface area contributed by atoms with E-state index in [-0.39, 0.29) is 37.9 Å². The SMILES string of the molecule is CC(C)(O)CON1C(C)(C)CC(C(CCC(=O)O)(C(=O)O)C2CC(C)(C)N(OCC(C)(C)O)C(C)(C)C2)CC1(C)C. The van der Waals surface area contributed by atoms with Gasteiger partial charge in [0.05, 0.1) is 29.8 Å². The highest BCUT2D eigenvalue weighted by Crippen LogP contribution is 2.58. The van der Waals surface area contributed by atoms with Crippen LogP contribution >= 0.6 is 0 Å². The summed E-state index contributed by atoms with van der Waals surface area (Å²) in [6, 6.07) is 0. The first kappa shape index (κ1) is 35.9. The molecule has 2 fully saturated rings. The van der Waals surface area contributed by atoms with E-state index in [0.717, 1.165) is 0 Å². The Hall–Kier alpha value is -1.30. The molecule has 10 nitrogen and oxygen atoms in total. The van der Waals surface area contributed by atoms with E-state index < -0.39 is 50.7 Å². The van der Waals surface area contributed by atoms with Crippen LogP contribution in [0.4, 0.5) is 0 Å². The van der Waals surface area contributed by atoms with E-state index >= 15 is 0 Å². The van der Waals surface area contributed by atoms with Crippen LogP contribution in [0.15, 0.2) is 0 Å². The van der Waals surface area contributed by atoms with E-state index in [9.17, 15) is 30.0 Å². The Kier molecular flexibility index (Phi) is 10.2. The fourth-order valence-corrected chi connectivity index (χ4v) is 7.91. The van der Waals surface area contributed by atoms with Crippen molar-refractivity contribution in [2.45, 2.75) is 155 Å². The molecule has 10 heteroatoms. The first-order valence-corrected chi connectivity index (χ1v) is 14.9. The minimum atomic E-state index is -1.30. The second-order valence-electron chi connectivity index (χ2n) is 16.5. The van der Waals surface area contributed by atoms with Gasteiger partial charge >= 0.3 is 11.9 Å². The smallest absolute Gasteiger partial charge is 0.310 e. The lowest BCUT2D eigenvalue weighted by Gasteiger charge is -2.61. The highest BCUT2D eigenvalue weighted by molar-refractivity contribution is 5.77. The highest BCUT2D eigenvalue weighted by Gasteiger charge is 2.62. The summed E-state index contributed by atoms with van der Waals surface area (Å²) in [6.07, 6.45) is 1.75. The van der Waals surface area contributed by atoms with Crippen LogP contribution in [0.3, 0.4) is 0 Å². The zero-order valence-corrected chi connectivity index (χ0v) is 27.6. The normalized spacial score (nSPS) is 24.3. The number of hydroxylamine groups is 4. The third-order valence-electron chi connectivity index (χ3n) is 8.88. The topological polar surface area (TPSA) is 140 Å². The average Bonchev–Trinajstić information content (AvgIpc) is 2.68. The van der Waals surface area contributed by atoms with Crippen molar-refractivity contribution in [2.75, 3.05) is 13.2 Å². The molecule has 2 rings (SSSR count). The van der Waals surface area contributed by atoms with Gasteiger partial charge in [-0.25, -0.2) is 0 Å². The Balaban J connectivity index is 2.58. The van der Waals surface area contributed by atoms with Gasteiger partial charge in [-0.15, -0.1) is 0 Å². The molecule has 0 saturated carbocycles. The maximum absolute atomic E-state index is 13.6. The molecule has 2 heterocycles. The van der Waals surface area contributed by atoms with Gasteiger partial charge in [-0.2, -0.15) is 10.1 Å². The van der Waals surface area contributed by atoms with Crippen LogP contribution in [0.2, 0.25) is 0 Å². The fourth-order valence-electron chi connectivity index (χ4n) is 7.91. The maximum Gasteiger partial charge on any atom is 0.310 e. The molecular weight excluding hydrogens is 528 g/mol. The van der Waals surface area contributed by atoms with E-state index in [0.29, 0.717) is 25.7 Å². The summed E-state index contributed by atoms with van der Waals surface area (Å²) in [5.74, 6) is -2.62. The molecule has 0 spiro atoms. The van der Waals surface area contributed by atoms with Crippen LogP contribution in [0.1, 0.15) is 122 Å². The van der Waals surface area contributed by atoms with E-state index in [1.165, 1.54) is 0 Å². The number of hydrogen-bond acceptors (Lipinski definition) is 8. The molecule has 2 aliphatic rings. The summed E-state index contributed by atoms with van der Waals surface area (Å²) in [5.41, 5.74) is -5.69. The molecule has 0 aromatic carbocycles. The van der Waals surface area contributed by atoms with Gasteiger partial charge in [-0.1, -0.05) is 0 Å². The van der Waals surface area contributed by atoms with Crippen LogP contribution in [-0.4, -0.2) is 89.1 Å². The lowest BCUT2D eigenvalue weighted by molar-refractivity contribution is -0.318. The second-order valence-corrected chi connectivity index (χ2v) is 16.5. The Morgan fingerprint density at radius 2 is 0.976 bits per heavy atom. The minimum absolute atomic E-state index is 0.0282. The first-order valence-electron chi connectivity index (χ1n) is 14.9. The summed E-state index contributed by atoms with van der Waals surface area (Å²) in [6.45, 7) is 23.1. The molecular formula is C31H58N2O8. The number of piperidine rings is 2. The average molecular weight is 587 g/mol. The first-order chi connectivity index (χ1) is 18.2. The highest BCUT2D eigenvalue weighted by atomic mass is 16.7. The molecule has 0 radical (unpaired) electrons. The molecule has 0 aromatic rings. The molecule has 0 aliphatic carbocycles. The molecule has 2 aliphatic heterocycles. The number of aliphatic hydroxyl groups is 2. The molecule has 0 unspecified atom stereocenters. The number of rotatable bonds is 12. The number of hydrogen-bond donors (Lipinski definition) is 4. The van der Waals surface area contributed by atoms with Gasteiger partial charge in [-0.3, -0.25) is 19.3 Å². The van der Waals surface area contributed by atoms with Crippen molar-refractivity contribution in [3.63, 3.8) is 0 Å². The fraction of sp³-hybridized carbons (Fsp3) is 0.935. The molecule has 0 amide bonds. The van der Waals surface area contributed by atoms with Gasteiger partial charge in [0.25, 0.3) is 0 Å². The van der Waals surface area contributed by atoms with Crippen molar-refractivity contribution >= 4 is 11.9 Å². The largest absolute Gasteiger partial charge is 0.481 e. The monoisotopic (exact) mass is 586 g/mol. The van der Waals surface area contributed by atoms with E-state index in [2.05, 4.69) is 0 Å². The Bertz CT molecular complexity index is 851. The zero-order valence-electron chi connectivity index (χ0n) is 27.6. The van der Waals surface area contributed by atoms with E-state index in [4.69, 9.17) is 9.68 Å². The van der Waals surface area contributed by atoms with Gasteiger partial charge in [0, 0.05) is 28.6 Å². The van der Waals surface area contributed by atoms with Gasteiger partial charge in [0.15, 0.2) is 0 Å². The third kappa shape index (κ3) is 8.42. The van der Waals surface area contributed by atoms with Gasteiger partial charge in [0.1, 0.15) is 0 Å². The summed E-state index contributed by atoms with van der Waals surface area (Å²) >= 11 is 0. The van der Waals surface area contributed by atoms with Crippen LogP contribution < -0.4 is 0 Å². The summed E-state index contributed by atoms with van der Waals surface area (Å²) in [5, 5.41) is 45.3. The number of carbonyl (C=O) groups is 2. The molecule has 0 aromatic heterocycles. The number of carboxylic acid groups (broad SMARTS) is 2. The molecule has 4 N–H and O–H groups in total. The summed E-state index contributed by atoms with van der Waals surface area (Å²) < 4.78 is 0. The van der Waals surface area contributed by atoms with Crippen LogP contribution in [0.5, 0.6) is 0 Å². The quantitative estimate of drug-likeness (QED) is 0.250. The Morgan fingerprint density at radius 3 is 1.20 bits per heavy atom. The molecule has 0 bridgehead atoms. The Morgan fingerprint density at radius 1 is 0.683 bits per heavy atom. The van der Waals surface area contributed by atoms with Crippen molar-refractivity contribution in [3.05, 3.63) is 0 Å². The molecule has 41 heavy (non-hydrogen) atoms. The van der Waals surface area contributed by atoms with E-state index in [1.807, 2.05) is 65.5 Å². The van der Waals surface area contributed by atoms with Crippen molar-refractivity contribution in [1.29, 1.82) is 0 Å². The van der Waals surface area contributed by atoms with Crippen LogP contribution in [0.25, 0.3) is 0 Å². The number of carboxylic acids is 2. The van der Waals surface area contributed by atoms with Crippen molar-refractivity contribution in [3.8, 4) is 0 Å². The van der Waals surface area contributed by atoms with Crippen molar-refractivity contribution < 1.29 is 39.7 Å². The summed E-state index contributed by atoms with van der Waals surface area (Å²) in [7, 11) is 0. The number of nitrogens with zero attached hydrogens (tertiary/aromatic N) is 2. The molecule has 240 valence electrons. The van der Waals surface area contributed by atoms with Crippen molar-refractivity contribution in [1.82, 2.24) is 10.1 Å². The lowest BCUT2D eigenvalue weighted by atomic mass is 9.52. The molecule has 0 atom stereocenters. The Labute approximate surface area is 247 Å². The van der Waals surface area contributed by atoms with Crippen molar-refractivity contribution in [2.24, 2.45) is 17.3 Å². The van der Waals surface area contributed by atoms with Crippen LogP contribution in [0, 0.1) is 17.3 Å². The maximum atomic E-state index is 13.6. The zero-order chi connectivity index (χ0) is 32.0.